The second-order valence-electron chi connectivity index (χ2n) is 7.20. The van der Waals surface area contributed by atoms with Crippen molar-refractivity contribution in [3.8, 4) is 0 Å². The number of rotatable bonds is 8. The number of oxazole rings is 1. The number of nitrogens with zero attached hydrogens (tertiary/aromatic N) is 6. The summed E-state index contributed by atoms with van der Waals surface area (Å²) in [7, 11) is 0. The van der Waals surface area contributed by atoms with E-state index in [4.69, 9.17) is 14.1 Å². The Labute approximate surface area is 164 Å². The molecule has 0 saturated carbocycles. The van der Waals surface area contributed by atoms with Crippen LogP contribution in [0, 0.1) is 5.92 Å². The summed E-state index contributed by atoms with van der Waals surface area (Å²) in [4.78, 5) is 15.8. The van der Waals surface area contributed by atoms with Gasteiger partial charge in [0.25, 0.3) is 6.01 Å². The van der Waals surface area contributed by atoms with Crippen molar-refractivity contribution in [1.29, 1.82) is 0 Å². The molecule has 3 aromatic heterocycles. The van der Waals surface area contributed by atoms with Gasteiger partial charge >= 0.3 is 0 Å². The van der Waals surface area contributed by atoms with E-state index in [1.54, 1.807) is 6.20 Å². The number of anilines is 1. The Hall–Kier alpha value is -2.48. The maximum Gasteiger partial charge on any atom is 0.299 e. The van der Waals surface area contributed by atoms with Crippen LogP contribution in [-0.2, 0) is 24.1 Å². The second kappa shape index (κ2) is 8.68. The Kier molecular flexibility index (Phi) is 5.85. The molecule has 0 aromatic carbocycles. The topological polar surface area (TPSA) is 82.1 Å². The Bertz CT molecular complexity index is 872. The van der Waals surface area contributed by atoms with Gasteiger partial charge in [-0.2, -0.15) is 10.1 Å². The smallest absolute Gasteiger partial charge is 0.299 e. The SMILES string of the molecule is CCOCCn1nc(CC)nc1CC1CCCN(c2nc3ncccc3o2)C1. The first-order chi connectivity index (χ1) is 13.8. The molecule has 8 nitrogen and oxygen atoms in total. The van der Waals surface area contributed by atoms with Gasteiger partial charge in [0, 0.05) is 38.7 Å². The van der Waals surface area contributed by atoms with E-state index in [2.05, 4.69) is 26.9 Å². The van der Waals surface area contributed by atoms with E-state index in [9.17, 15) is 0 Å². The van der Waals surface area contributed by atoms with Crippen LogP contribution in [0.25, 0.3) is 11.2 Å². The van der Waals surface area contributed by atoms with Crippen molar-refractivity contribution in [1.82, 2.24) is 24.7 Å². The van der Waals surface area contributed by atoms with Crippen LogP contribution in [0.5, 0.6) is 0 Å². The third-order valence-corrected chi connectivity index (χ3v) is 5.17. The van der Waals surface area contributed by atoms with E-state index < -0.39 is 0 Å². The molecule has 3 aromatic rings. The van der Waals surface area contributed by atoms with Crippen LogP contribution in [0.15, 0.2) is 22.7 Å². The van der Waals surface area contributed by atoms with Gasteiger partial charge in [-0.05, 0) is 37.8 Å². The average Bonchev–Trinajstić information content (AvgIpc) is 3.32. The molecule has 4 rings (SSSR count). The summed E-state index contributed by atoms with van der Waals surface area (Å²) < 4.78 is 13.4. The molecule has 0 amide bonds. The predicted octanol–water partition coefficient (Wildman–Crippen LogP) is 2.87. The maximum atomic E-state index is 5.92. The van der Waals surface area contributed by atoms with Crippen LogP contribution in [0.3, 0.4) is 0 Å². The average molecular weight is 384 g/mol. The van der Waals surface area contributed by atoms with E-state index in [0.29, 0.717) is 24.2 Å². The maximum absolute atomic E-state index is 5.92. The number of aromatic nitrogens is 5. The van der Waals surface area contributed by atoms with Crippen molar-refractivity contribution in [2.24, 2.45) is 5.92 Å². The van der Waals surface area contributed by atoms with Crippen molar-refractivity contribution < 1.29 is 9.15 Å². The summed E-state index contributed by atoms with van der Waals surface area (Å²) in [5, 5.41) is 4.64. The van der Waals surface area contributed by atoms with E-state index in [1.807, 2.05) is 23.7 Å². The zero-order valence-corrected chi connectivity index (χ0v) is 16.7. The minimum atomic E-state index is 0.497. The number of ether oxygens (including phenoxy) is 1. The Morgan fingerprint density at radius 2 is 2.21 bits per heavy atom. The van der Waals surface area contributed by atoms with Gasteiger partial charge in [-0.15, -0.1) is 0 Å². The lowest BCUT2D eigenvalue weighted by atomic mass is 9.94. The van der Waals surface area contributed by atoms with Crippen LogP contribution in [0.1, 0.15) is 38.3 Å². The third kappa shape index (κ3) is 4.16. The molecule has 8 heteroatoms. The minimum Gasteiger partial charge on any atom is -0.422 e. The van der Waals surface area contributed by atoms with Gasteiger partial charge in [0.15, 0.2) is 11.4 Å². The fourth-order valence-electron chi connectivity index (χ4n) is 3.76. The zero-order valence-electron chi connectivity index (χ0n) is 16.7. The molecule has 1 aliphatic rings. The molecule has 0 aliphatic carbocycles. The number of fused-ring (bicyclic) bond motifs is 1. The highest BCUT2D eigenvalue weighted by atomic mass is 16.5. The van der Waals surface area contributed by atoms with Gasteiger partial charge in [-0.3, -0.25) is 0 Å². The molecule has 1 atom stereocenters. The first-order valence-corrected chi connectivity index (χ1v) is 10.2. The van der Waals surface area contributed by atoms with E-state index in [-0.39, 0.29) is 0 Å². The van der Waals surface area contributed by atoms with Crippen LogP contribution < -0.4 is 4.90 Å². The minimum absolute atomic E-state index is 0.497. The molecule has 1 fully saturated rings. The zero-order chi connectivity index (χ0) is 19.3. The number of aryl methyl sites for hydroxylation is 1. The number of hydrogen-bond acceptors (Lipinski definition) is 7. The van der Waals surface area contributed by atoms with Crippen LogP contribution >= 0.6 is 0 Å². The van der Waals surface area contributed by atoms with Gasteiger partial charge in [0.05, 0.1) is 13.2 Å². The molecule has 1 aliphatic heterocycles. The largest absolute Gasteiger partial charge is 0.422 e. The molecule has 1 saturated heterocycles. The van der Waals surface area contributed by atoms with Crippen molar-refractivity contribution in [3.05, 3.63) is 30.0 Å². The molecule has 0 radical (unpaired) electrons. The van der Waals surface area contributed by atoms with Crippen LogP contribution in [-0.4, -0.2) is 51.0 Å². The molecule has 0 N–H and O–H groups in total. The summed E-state index contributed by atoms with van der Waals surface area (Å²) in [6.07, 6.45) is 5.79. The number of hydrogen-bond donors (Lipinski definition) is 0. The first-order valence-electron chi connectivity index (χ1n) is 10.2. The monoisotopic (exact) mass is 384 g/mol. The van der Waals surface area contributed by atoms with Crippen LogP contribution in [0.4, 0.5) is 6.01 Å². The Balaban J connectivity index is 1.45. The summed E-state index contributed by atoms with van der Waals surface area (Å²) in [5.41, 5.74) is 1.41. The molecule has 0 bridgehead atoms. The summed E-state index contributed by atoms with van der Waals surface area (Å²) in [5.74, 6) is 2.46. The Morgan fingerprint density at radius 1 is 1.29 bits per heavy atom. The summed E-state index contributed by atoms with van der Waals surface area (Å²) in [6, 6.07) is 4.45. The van der Waals surface area contributed by atoms with Crippen molar-refractivity contribution >= 4 is 17.2 Å². The van der Waals surface area contributed by atoms with Crippen molar-refractivity contribution in [2.75, 3.05) is 31.2 Å². The van der Waals surface area contributed by atoms with E-state index in [1.165, 1.54) is 6.42 Å². The van der Waals surface area contributed by atoms with Gasteiger partial charge in [-0.25, -0.2) is 14.6 Å². The normalized spacial score (nSPS) is 17.5. The molecule has 28 heavy (non-hydrogen) atoms. The molecule has 0 spiro atoms. The van der Waals surface area contributed by atoms with Crippen LogP contribution in [0.2, 0.25) is 0 Å². The molecule has 4 heterocycles. The van der Waals surface area contributed by atoms with E-state index in [0.717, 1.165) is 62.7 Å². The number of pyridine rings is 1. The second-order valence-corrected chi connectivity index (χ2v) is 7.20. The molecule has 150 valence electrons. The lowest BCUT2D eigenvalue weighted by Crippen LogP contribution is -2.36. The third-order valence-electron chi connectivity index (χ3n) is 5.17. The van der Waals surface area contributed by atoms with E-state index >= 15 is 0 Å². The van der Waals surface area contributed by atoms with Crippen molar-refractivity contribution in [3.63, 3.8) is 0 Å². The molecular formula is C20H28N6O2. The standard InChI is InChI=1S/C20H28N6O2/c1-3-17-22-18(26(24-17)11-12-27-4-2)13-15-7-6-10-25(14-15)20-23-19-16(28-20)8-5-9-21-19/h5,8-9,15H,3-4,6-7,10-14H2,1-2H3. The Morgan fingerprint density at radius 3 is 3.04 bits per heavy atom. The summed E-state index contributed by atoms with van der Waals surface area (Å²) >= 11 is 0. The summed E-state index contributed by atoms with van der Waals surface area (Å²) in [6.45, 7) is 8.12. The fourth-order valence-corrected chi connectivity index (χ4v) is 3.76. The highest BCUT2D eigenvalue weighted by molar-refractivity contribution is 5.69. The fraction of sp³-hybridized carbons (Fsp3) is 0.600. The molecule has 1 unspecified atom stereocenters. The van der Waals surface area contributed by atoms with Gasteiger partial charge in [0.2, 0.25) is 5.65 Å². The van der Waals surface area contributed by atoms with Gasteiger partial charge < -0.3 is 14.1 Å². The molecular weight excluding hydrogens is 356 g/mol. The quantitative estimate of drug-likeness (QED) is 0.552. The highest BCUT2D eigenvalue weighted by Gasteiger charge is 2.25. The number of piperidine rings is 1. The predicted molar refractivity (Wildman–Crippen MR) is 106 cm³/mol. The van der Waals surface area contributed by atoms with Gasteiger partial charge in [-0.1, -0.05) is 6.92 Å². The lowest BCUT2D eigenvalue weighted by molar-refractivity contribution is 0.135. The van der Waals surface area contributed by atoms with Gasteiger partial charge in [0.1, 0.15) is 5.82 Å². The first kappa shape index (κ1) is 18.9. The highest BCUT2D eigenvalue weighted by Crippen LogP contribution is 2.27. The van der Waals surface area contributed by atoms with Crippen molar-refractivity contribution in [2.45, 2.75) is 46.1 Å². The lowest BCUT2D eigenvalue weighted by Gasteiger charge is -2.31.